The zero-order valence-electron chi connectivity index (χ0n) is 23.1. The molecule has 8 nitrogen and oxygen atoms in total. The number of benzene rings is 3. The Labute approximate surface area is 236 Å². The highest BCUT2D eigenvalue weighted by molar-refractivity contribution is 5.78. The van der Waals surface area contributed by atoms with Gasteiger partial charge in [-0.3, -0.25) is 0 Å². The summed E-state index contributed by atoms with van der Waals surface area (Å²) in [6, 6.07) is 26.3. The van der Waals surface area contributed by atoms with Gasteiger partial charge in [-0.05, 0) is 35.4 Å². The highest BCUT2D eigenvalue weighted by Crippen LogP contribution is 2.13. The van der Waals surface area contributed by atoms with Crippen LogP contribution in [0.1, 0.15) is 37.0 Å². The first-order valence-corrected chi connectivity index (χ1v) is 13.6. The molecule has 0 spiro atoms. The quantitative estimate of drug-likeness (QED) is 0.254. The van der Waals surface area contributed by atoms with Gasteiger partial charge in [0.1, 0.15) is 12.9 Å². The fourth-order valence-electron chi connectivity index (χ4n) is 4.35. The minimum atomic E-state index is -1.13. The van der Waals surface area contributed by atoms with Gasteiger partial charge >= 0.3 is 12.1 Å². The van der Waals surface area contributed by atoms with E-state index in [4.69, 9.17) is 4.74 Å². The van der Waals surface area contributed by atoms with Gasteiger partial charge in [0.15, 0.2) is 0 Å². The smallest absolute Gasteiger partial charge is 0.407 e. The predicted molar refractivity (Wildman–Crippen MR) is 154 cm³/mol. The van der Waals surface area contributed by atoms with Gasteiger partial charge in [-0.15, -0.1) is 0 Å². The maximum atomic E-state index is 13.3. The van der Waals surface area contributed by atoms with Gasteiger partial charge in [-0.1, -0.05) is 105 Å². The number of aldehydes is 1. The number of nitrogens with zero attached hydrogens (tertiary/aromatic N) is 1. The maximum absolute atomic E-state index is 13.3. The van der Waals surface area contributed by atoms with Crippen molar-refractivity contribution in [2.45, 2.75) is 58.0 Å². The van der Waals surface area contributed by atoms with Crippen molar-refractivity contribution >= 4 is 18.4 Å². The summed E-state index contributed by atoms with van der Waals surface area (Å²) < 4.78 is 5.41. The third-order valence-corrected chi connectivity index (χ3v) is 6.39. The molecule has 0 bridgehead atoms. The average molecular weight is 546 g/mol. The first kappa shape index (κ1) is 30.4. The molecular weight excluding hydrogens is 506 g/mol. The lowest BCUT2D eigenvalue weighted by atomic mass is 10.0. The normalized spacial score (nSPS) is 13.1. The number of amides is 3. The topological polar surface area (TPSA) is 108 Å². The van der Waals surface area contributed by atoms with E-state index < -0.39 is 30.3 Å². The summed E-state index contributed by atoms with van der Waals surface area (Å²) in [5.74, 6) is 0.213. The lowest BCUT2D eigenvalue weighted by Crippen LogP contribution is -2.53. The van der Waals surface area contributed by atoms with Gasteiger partial charge in [0.25, 0.3) is 0 Å². The molecule has 3 rings (SSSR count). The number of nitrogens with one attached hydrogen (secondary N) is 2. The summed E-state index contributed by atoms with van der Waals surface area (Å²) in [7, 11) is 0. The molecule has 3 amide bonds. The molecular formula is C32H39N3O5. The summed E-state index contributed by atoms with van der Waals surface area (Å²) >= 11 is 0. The molecule has 0 heterocycles. The number of carbonyl (C=O) groups is 3. The number of ether oxygens (including phenoxy) is 1. The second-order valence-corrected chi connectivity index (χ2v) is 10.3. The Hall–Kier alpha value is -4.17. The van der Waals surface area contributed by atoms with Crippen molar-refractivity contribution in [2.24, 2.45) is 5.92 Å². The van der Waals surface area contributed by atoms with Crippen LogP contribution in [0.25, 0.3) is 0 Å². The Kier molecular flexibility index (Phi) is 12.2. The summed E-state index contributed by atoms with van der Waals surface area (Å²) in [6.45, 7) is 4.18. The Morgan fingerprint density at radius 1 is 0.850 bits per heavy atom. The standard InChI is InChI=1S/C32H39N3O5/c1-24(2)18-28(22-36)33-31(38)35(20-26-14-8-4-9-15-26)21-30(37)29(19-25-12-6-3-7-13-25)34-32(39)40-23-27-16-10-5-11-17-27/h3-17,22,24,28-30,37H,18-21,23H2,1-2H3,(H,33,38)(H,34,39)/t28-,29?,30?/m0/s1. The van der Waals surface area contributed by atoms with Crippen LogP contribution in [0.2, 0.25) is 0 Å². The molecule has 0 fully saturated rings. The van der Waals surface area contributed by atoms with Gasteiger partial charge in [-0.25, -0.2) is 9.59 Å². The minimum Gasteiger partial charge on any atom is -0.445 e. The molecule has 3 aromatic rings. The third kappa shape index (κ3) is 10.5. The van der Waals surface area contributed by atoms with Crippen molar-refractivity contribution in [1.82, 2.24) is 15.5 Å². The van der Waals surface area contributed by atoms with Crippen molar-refractivity contribution in [2.75, 3.05) is 6.54 Å². The monoisotopic (exact) mass is 545 g/mol. The maximum Gasteiger partial charge on any atom is 0.407 e. The number of rotatable bonds is 14. The van der Waals surface area contributed by atoms with Crippen molar-refractivity contribution in [3.8, 4) is 0 Å². The summed E-state index contributed by atoms with van der Waals surface area (Å²) in [6.07, 6.45) is -0.229. The molecule has 0 aliphatic rings. The van der Waals surface area contributed by atoms with E-state index in [0.29, 0.717) is 12.8 Å². The van der Waals surface area contributed by atoms with Crippen LogP contribution >= 0.6 is 0 Å². The summed E-state index contributed by atoms with van der Waals surface area (Å²) in [5, 5.41) is 17.0. The van der Waals surface area contributed by atoms with Crippen LogP contribution < -0.4 is 10.6 Å². The first-order chi connectivity index (χ1) is 19.3. The van der Waals surface area contributed by atoms with Gasteiger partial charge < -0.3 is 30.2 Å². The Balaban J connectivity index is 1.76. The van der Waals surface area contributed by atoms with Gasteiger partial charge in [0.2, 0.25) is 0 Å². The molecule has 0 radical (unpaired) electrons. The van der Waals surface area contributed by atoms with Crippen molar-refractivity contribution in [3.05, 3.63) is 108 Å². The van der Waals surface area contributed by atoms with Crippen LogP contribution in [0.15, 0.2) is 91.0 Å². The van der Waals surface area contributed by atoms with Crippen LogP contribution in [-0.2, 0) is 29.1 Å². The predicted octanol–water partition coefficient (Wildman–Crippen LogP) is 4.71. The number of hydrogen-bond donors (Lipinski definition) is 3. The molecule has 3 atom stereocenters. The van der Waals surface area contributed by atoms with Gasteiger partial charge in [0.05, 0.1) is 24.7 Å². The molecule has 3 aromatic carbocycles. The van der Waals surface area contributed by atoms with Crippen LogP contribution in [0.5, 0.6) is 0 Å². The molecule has 0 saturated heterocycles. The number of urea groups is 1. The average Bonchev–Trinajstić information content (AvgIpc) is 2.96. The van der Waals surface area contributed by atoms with Crippen molar-refractivity contribution in [1.29, 1.82) is 0 Å². The van der Waals surface area contributed by atoms with Crippen LogP contribution in [0.4, 0.5) is 9.59 Å². The van der Waals surface area contributed by atoms with E-state index in [-0.39, 0.29) is 25.6 Å². The van der Waals surface area contributed by atoms with E-state index in [1.54, 1.807) is 0 Å². The minimum absolute atomic E-state index is 0.0789. The number of alkyl carbamates (subject to hydrolysis) is 1. The van der Waals surface area contributed by atoms with Crippen LogP contribution in [0, 0.1) is 5.92 Å². The number of hydrogen-bond acceptors (Lipinski definition) is 5. The molecule has 0 aliphatic carbocycles. The lowest BCUT2D eigenvalue weighted by Gasteiger charge is -2.31. The van der Waals surface area contributed by atoms with Crippen molar-refractivity contribution in [3.63, 3.8) is 0 Å². The van der Waals surface area contributed by atoms with E-state index >= 15 is 0 Å². The van der Waals surface area contributed by atoms with Crippen molar-refractivity contribution < 1.29 is 24.2 Å². The number of aliphatic hydroxyl groups is 1. The second-order valence-electron chi connectivity index (χ2n) is 10.3. The number of aliphatic hydroxyl groups excluding tert-OH is 1. The van der Waals surface area contributed by atoms with E-state index in [9.17, 15) is 19.5 Å². The lowest BCUT2D eigenvalue weighted by molar-refractivity contribution is -0.109. The van der Waals surface area contributed by atoms with E-state index in [2.05, 4.69) is 10.6 Å². The molecule has 0 aliphatic heterocycles. The molecule has 40 heavy (non-hydrogen) atoms. The highest BCUT2D eigenvalue weighted by atomic mass is 16.5. The fraction of sp³-hybridized carbons (Fsp3) is 0.344. The number of carbonyl (C=O) groups excluding carboxylic acids is 3. The molecule has 3 N–H and O–H groups in total. The first-order valence-electron chi connectivity index (χ1n) is 13.6. The van der Waals surface area contributed by atoms with E-state index in [0.717, 1.165) is 23.0 Å². The second kappa shape index (κ2) is 16.1. The van der Waals surface area contributed by atoms with Gasteiger partial charge in [-0.2, -0.15) is 0 Å². The zero-order chi connectivity index (χ0) is 28.7. The summed E-state index contributed by atoms with van der Waals surface area (Å²) in [4.78, 5) is 39.2. The largest absolute Gasteiger partial charge is 0.445 e. The SMILES string of the molecule is CC(C)C[C@@H](C=O)NC(=O)N(Cc1ccccc1)CC(O)C(Cc1ccccc1)NC(=O)OCc1ccccc1. The van der Waals surface area contributed by atoms with E-state index in [1.165, 1.54) is 4.90 Å². The Morgan fingerprint density at radius 2 is 1.40 bits per heavy atom. The molecule has 8 heteroatoms. The Morgan fingerprint density at radius 3 is 1.95 bits per heavy atom. The van der Waals surface area contributed by atoms with Gasteiger partial charge in [0, 0.05) is 6.54 Å². The Bertz CT molecular complexity index is 1170. The molecule has 212 valence electrons. The molecule has 0 aromatic heterocycles. The fourth-order valence-corrected chi connectivity index (χ4v) is 4.35. The summed E-state index contributed by atoms with van der Waals surface area (Å²) in [5.41, 5.74) is 2.62. The van der Waals surface area contributed by atoms with Crippen LogP contribution in [-0.4, -0.2) is 53.1 Å². The van der Waals surface area contributed by atoms with Crippen LogP contribution in [0.3, 0.4) is 0 Å². The molecule has 0 saturated carbocycles. The third-order valence-electron chi connectivity index (χ3n) is 6.39. The highest BCUT2D eigenvalue weighted by Gasteiger charge is 2.28. The van der Waals surface area contributed by atoms with E-state index in [1.807, 2.05) is 105 Å². The zero-order valence-corrected chi connectivity index (χ0v) is 23.1. The molecule has 2 unspecified atom stereocenters.